The van der Waals surface area contributed by atoms with Crippen molar-refractivity contribution < 1.29 is 13.2 Å². The average Bonchev–Trinajstić information content (AvgIpc) is 2.90. The Morgan fingerprint density at radius 1 is 0.960 bits per heavy atom. The Hall–Kier alpha value is -1.98. The topological polar surface area (TPSA) is 54.5 Å². The van der Waals surface area contributed by atoms with Crippen molar-refractivity contribution in [2.24, 2.45) is 0 Å². The van der Waals surface area contributed by atoms with Gasteiger partial charge in [0.1, 0.15) is 5.78 Å². The number of piperidine rings is 1. The molecular weight excluding hydrogens is 334 g/mol. The minimum Gasteiger partial charge on any atom is -0.298 e. The molecule has 0 aliphatic carbocycles. The summed E-state index contributed by atoms with van der Waals surface area (Å²) in [6.45, 7) is 0.628. The van der Waals surface area contributed by atoms with E-state index < -0.39 is 15.1 Å². The molecule has 2 aliphatic rings. The minimum absolute atomic E-state index is 0.0897. The van der Waals surface area contributed by atoms with Crippen molar-refractivity contribution in [1.82, 2.24) is 4.90 Å². The summed E-state index contributed by atoms with van der Waals surface area (Å²) in [6, 6.07) is 18.2. The fourth-order valence-corrected chi connectivity index (χ4v) is 6.25. The first-order valence-electron chi connectivity index (χ1n) is 8.69. The molecule has 5 heteroatoms. The molecule has 3 unspecified atom stereocenters. The van der Waals surface area contributed by atoms with Crippen molar-refractivity contribution in [2.45, 2.75) is 48.0 Å². The average molecular weight is 355 g/mol. The van der Waals surface area contributed by atoms with Gasteiger partial charge in [0.2, 0.25) is 0 Å². The largest absolute Gasteiger partial charge is 0.298 e. The number of carbonyl (C=O) groups is 1. The van der Waals surface area contributed by atoms with Crippen molar-refractivity contribution in [3.8, 4) is 0 Å². The van der Waals surface area contributed by atoms with Crippen molar-refractivity contribution in [3.05, 3.63) is 66.2 Å². The van der Waals surface area contributed by atoms with Crippen LogP contribution < -0.4 is 0 Å². The Kier molecular flexibility index (Phi) is 4.21. The summed E-state index contributed by atoms with van der Waals surface area (Å²) < 4.78 is 26.3. The van der Waals surface area contributed by atoms with E-state index in [0.29, 0.717) is 30.7 Å². The highest BCUT2D eigenvalue weighted by molar-refractivity contribution is 7.92. The van der Waals surface area contributed by atoms with Crippen LogP contribution in [0.5, 0.6) is 0 Å². The lowest BCUT2D eigenvalue weighted by atomic mass is 10.0. The molecule has 4 rings (SSSR count). The predicted octanol–water partition coefficient (Wildman–Crippen LogP) is 2.83. The second-order valence-electron chi connectivity index (χ2n) is 6.88. The predicted molar refractivity (Wildman–Crippen MR) is 95.8 cm³/mol. The molecule has 4 nitrogen and oxygen atoms in total. The normalized spacial score (nSPS) is 26.7. The summed E-state index contributed by atoms with van der Waals surface area (Å²) >= 11 is 0. The monoisotopic (exact) mass is 355 g/mol. The van der Waals surface area contributed by atoms with E-state index in [2.05, 4.69) is 4.90 Å². The third-order valence-corrected chi connectivity index (χ3v) is 7.68. The molecule has 0 amide bonds. The Labute approximate surface area is 148 Å². The molecular formula is C20H21NO3S. The van der Waals surface area contributed by atoms with Crippen LogP contribution >= 0.6 is 0 Å². The van der Waals surface area contributed by atoms with Gasteiger partial charge in [-0.15, -0.1) is 0 Å². The number of nitrogens with zero attached hydrogens (tertiary/aromatic N) is 1. The number of sulfone groups is 1. The maximum atomic E-state index is 13.1. The van der Waals surface area contributed by atoms with Crippen LogP contribution in [-0.2, 0) is 21.2 Å². The fraction of sp³-hybridized carbons (Fsp3) is 0.350. The molecule has 2 aliphatic heterocycles. The Bertz CT molecular complexity index is 864. The van der Waals surface area contributed by atoms with Gasteiger partial charge in [0.15, 0.2) is 9.84 Å². The highest BCUT2D eigenvalue weighted by Gasteiger charge is 2.52. The van der Waals surface area contributed by atoms with Crippen molar-refractivity contribution in [2.75, 3.05) is 0 Å². The lowest BCUT2D eigenvalue weighted by Crippen LogP contribution is -2.46. The molecule has 0 radical (unpaired) electrons. The van der Waals surface area contributed by atoms with Gasteiger partial charge < -0.3 is 0 Å². The summed E-state index contributed by atoms with van der Waals surface area (Å²) in [5.41, 5.74) is 1.12. The van der Waals surface area contributed by atoms with E-state index in [1.165, 1.54) is 0 Å². The molecule has 25 heavy (non-hydrogen) atoms. The highest BCUT2D eigenvalue weighted by Crippen LogP contribution is 2.40. The van der Waals surface area contributed by atoms with Crippen LogP contribution in [-0.4, -0.2) is 36.4 Å². The van der Waals surface area contributed by atoms with E-state index in [0.717, 1.165) is 5.56 Å². The summed E-state index contributed by atoms with van der Waals surface area (Å²) in [6.07, 6.45) is 1.52. The zero-order valence-corrected chi connectivity index (χ0v) is 14.7. The van der Waals surface area contributed by atoms with Gasteiger partial charge in [-0.1, -0.05) is 48.5 Å². The first-order valence-corrected chi connectivity index (χ1v) is 10.2. The molecule has 130 valence electrons. The van der Waals surface area contributed by atoms with Gasteiger partial charge in [-0.3, -0.25) is 9.69 Å². The number of rotatable bonds is 4. The summed E-state index contributed by atoms with van der Waals surface area (Å²) in [7, 11) is -3.44. The van der Waals surface area contributed by atoms with E-state index in [9.17, 15) is 13.2 Å². The summed E-state index contributed by atoms with van der Waals surface area (Å²) in [5.74, 6) is 0.179. The second kappa shape index (κ2) is 6.39. The standard InChI is InChI=1S/C20H21NO3S/c22-19-12-11-17-20(25(23,24)16-9-5-2-6-10-16)13-18(19)21(17)14-15-7-3-1-4-8-15/h1-10,17-18,20H,11-14H2. The van der Waals surface area contributed by atoms with Crippen LogP contribution in [0.1, 0.15) is 24.8 Å². The van der Waals surface area contributed by atoms with E-state index in [-0.39, 0.29) is 17.9 Å². The van der Waals surface area contributed by atoms with Crippen LogP contribution in [0.3, 0.4) is 0 Å². The molecule has 3 atom stereocenters. The number of benzene rings is 2. The smallest absolute Gasteiger partial charge is 0.182 e. The van der Waals surface area contributed by atoms with Gasteiger partial charge >= 0.3 is 0 Å². The molecule has 2 bridgehead atoms. The first kappa shape index (κ1) is 16.5. The number of hydrogen-bond donors (Lipinski definition) is 0. The van der Waals surface area contributed by atoms with Gasteiger partial charge in [0.25, 0.3) is 0 Å². The van der Waals surface area contributed by atoms with E-state index in [1.807, 2.05) is 36.4 Å². The van der Waals surface area contributed by atoms with Crippen LogP contribution in [0.4, 0.5) is 0 Å². The number of fused-ring (bicyclic) bond motifs is 2. The molecule has 0 N–H and O–H groups in total. The van der Waals surface area contributed by atoms with Crippen LogP contribution in [0.25, 0.3) is 0 Å². The van der Waals surface area contributed by atoms with Crippen LogP contribution in [0.2, 0.25) is 0 Å². The maximum absolute atomic E-state index is 13.1. The molecule has 0 spiro atoms. The van der Waals surface area contributed by atoms with Crippen LogP contribution in [0, 0.1) is 0 Å². The van der Waals surface area contributed by atoms with Crippen LogP contribution in [0.15, 0.2) is 65.6 Å². The molecule has 2 aromatic rings. The van der Waals surface area contributed by atoms with Gasteiger partial charge in [0.05, 0.1) is 16.2 Å². The Morgan fingerprint density at radius 3 is 2.28 bits per heavy atom. The second-order valence-corrected chi connectivity index (χ2v) is 9.05. The third-order valence-electron chi connectivity index (χ3n) is 5.45. The Morgan fingerprint density at radius 2 is 1.60 bits per heavy atom. The zero-order valence-electron chi connectivity index (χ0n) is 13.9. The number of Topliss-reactive ketones (excluding diaryl/α,β-unsaturated/α-hetero) is 1. The highest BCUT2D eigenvalue weighted by atomic mass is 32.2. The van der Waals surface area contributed by atoms with E-state index >= 15 is 0 Å². The number of hydrogen-bond acceptors (Lipinski definition) is 4. The fourth-order valence-electron chi connectivity index (χ4n) is 4.22. The van der Waals surface area contributed by atoms with Gasteiger partial charge in [-0.05, 0) is 30.5 Å². The Balaban J connectivity index is 1.67. The quantitative estimate of drug-likeness (QED) is 0.846. The molecule has 2 saturated heterocycles. The molecule has 2 aromatic carbocycles. The number of ketones is 1. The lowest BCUT2D eigenvalue weighted by molar-refractivity contribution is -0.126. The SMILES string of the molecule is O=C1CCC2C(S(=O)(=O)c3ccccc3)CC1N2Cc1ccccc1. The maximum Gasteiger partial charge on any atom is 0.182 e. The van der Waals surface area contributed by atoms with E-state index in [1.54, 1.807) is 24.3 Å². The first-order chi connectivity index (χ1) is 12.1. The van der Waals surface area contributed by atoms with Crippen molar-refractivity contribution in [1.29, 1.82) is 0 Å². The third kappa shape index (κ3) is 2.92. The summed E-state index contributed by atoms with van der Waals surface area (Å²) in [5, 5.41) is -0.505. The molecule has 0 aromatic heterocycles. The van der Waals surface area contributed by atoms with Crippen molar-refractivity contribution >= 4 is 15.6 Å². The molecule has 0 saturated carbocycles. The van der Waals surface area contributed by atoms with Gasteiger partial charge in [0, 0.05) is 19.0 Å². The zero-order chi connectivity index (χ0) is 17.4. The minimum atomic E-state index is -3.44. The lowest BCUT2D eigenvalue weighted by Gasteiger charge is -2.34. The van der Waals surface area contributed by atoms with E-state index in [4.69, 9.17) is 0 Å². The summed E-state index contributed by atoms with van der Waals surface area (Å²) in [4.78, 5) is 14.9. The molecule has 2 heterocycles. The van der Waals surface area contributed by atoms with Gasteiger partial charge in [-0.2, -0.15) is 0 Å². The van der Waals surface area contributed by atoms with Gasteiger partial charge in [-0.25, -0.2) is 8.42 Å². The number of carbonyl (C=O) groups excluding carboxylic acids is 1. The molecule has 2 fully saturated rings. The van der Waals surface area contributed by atoms with Crippen molar-refractivity contribution in [3.63, 3.8) is 0 Å².